The third kappa shape index (κ3) is 9.27. The number of hydrogen-bond donors (Lipinski definition) is 2. The molecule has 1 aromatic rings. The van der Waals surface area contributed by atoms with Gasteiger partial charge >= 0.3 is 0 Å². The van der Waals surface area contributed by atoms with Gasteiger partial charge in [0.15, 0.2) is 5.96 Å². The summed E-state index contributed by atoms with van der Waals surface area (Å²) in [6, 6.07) is 0. The van der Waals surface area contributed by atoms with E-state index in [4.69, 9.17) is 0 Å². The van der Waals surface area contributed by atoms with Crippen LogP contribution in [-0.2, 0) is 6.54 Å². The van der Waals surface area contributed by atoms with Crippen LogP contribution in [0.15, 0.2) is 17.4 Å². The van der Waals surface area contributed by atoms with Crippen LogP contribution in [-0.4, -0.2) is 35.1 Å². The number of nitrogens with zero attached hydrogens (tertiary/aromatic N) is 3. The molecule has 1 rings (SSSR count). The lowest BCUT2D eigenvalue weighted by Crippen LogP contribution is -2.38. The second-order valence-corrected chi connectivity index (χ2v) is 5.74. The third-order valence-corrected chi connectivity index (χ3v) is 3.36. The van der Waals surface area contributed by atoms with Gasteiger partial charge in [-0.25, -0.2) is 4.98 Å². The standard InChI is InChI=1S/C16H31N5.HI/c1-5-17-16(20-10-8-14(2)3)19-9-6-7-12-21-13-11-18-15(21)4;/h11,13-14H,5-10,12H2,1-4H3,(H2,17,19,20);1H. The first-order valence-corrected chi connectivity index (χ1v) is 8.13. The van der Waals surface area contributed by atoms with Crippen molar-refractivity contribution in [3.63, 3.8) is 0 Å². The van der Waals surface area contributed by atoms with Gasteiger partial charge in [0.1, 0.15) is 5.82 Å². The molecular weight excluding hydrogens is 389 g/mol. The summed E-state index contributed by atoms with van der Waals surface area (Å²) >= 11 is 0. The Balaban J connectivity index is 0.00000441. The molecule has 6 heteroatoms. The zero-order chi connectivity index (χ0) is 15.5. The fraction of sp³-hybridized carbons (Fsp3) is 0.750. The fourth-order valence-electron chi connectivity index (χ4n) is 2.05. The predicted molar refractivity (Wildman–Crippen MR) is 105 cm³/mol. The van der Waals surface area contributed by atoms with Crippen molar-refractivity contribution < 1.29 is 0 Å². The average Bonchev–Trinajstić information content (AvgIpc) is 2.83. The van der Waals surface area contributed by atoms with Crippen LogP contribution in [0, 0.1) is 12.8 Å². The minimum absolute atomic E-state index is 0. The SMILES string of the molecule is CCNC(=NCCCCn1ccnc1C)NCCC(C)C.I. The van der Waals surface area contributed by atoms with Gasteiger partial charge in [-0.3, -0.25) is 4.99 Å². The molecule has 0 bridgehead atoms. The lowest BCUT2D eigenvalue weighted by Gasteiger charge is -2.12. The fourth-order valence-corrected chi connectivity index (χ4v) is 2.05. The van der Waals surface area contributed by atoms with Crippen LogP contribution in [0.3, 0.4) is 0 Å². The van der Waals surface area contributed by atoms with Crippen molar-refractivity contribution >= 4 is 29.9 Å². The molecule has 1 heterocycles. The summed E-state index contributed by atoms with van der Waals surface area (Å²) in [4.78, 5) is 8.85. The van der Waals surface area contributed by atoms with E-state index in [0.717, 1.165) is 56.7 Å². The first kappa shape index (κ1) is 21.2. The van der Waals surface area contributed by atoms with Gasteiger partial charge in [-0.15, -0.1) is 24.0 Å². The Labute approximate surface area is 152 Å². The van der Waals surface area contributed by atoms with Gasteiger partial charge in [-0.2, -0.15) is 0 Å². The normalized spacial score (nSPS) is 11.4. The highest BCUT2D eigenvalue weighted by Crippen LogP contribution is 2.00. The lowest BCUT2D eigenvalue weighted by atomic mass is 10.1. The predicted octanol–water partition coefficient (Wildman–Crippen LogP) is 3.19. The van der Waals surface area contributed by atoms with Crippen molar-refractivity contribution in [2.45, 2.75) is 53.5 Å². The second kappa shape index (κ2) is 12.7. The van der Waals surface area contributed by atoms with Gasteiger partial charge in [0.25, 0.3) is 0 Å². The Bertz CT molecular complexity index is 414. The first-order valence-electron chi connectivity index (χ1n) is 8.13. The number of aliphatic imine (C=N–C) groups is 1. The monoisotopic (exact) mass is 421 g/mol. The molecule has 0 amide bonds. The number of unbranched alkanes of at least 4 members (excludes halogenated alkanes) is 1. The van der Waals surface area contributed by atoms with Gasteiger partial charge in [0, 0.05) is 38.6 Å². The summed E-state index contributed by atoms with van der Waals surface area (Å²) < 4.78 is 2.19. The van der Waals surface area contributed by atoms with Gasteiger partial charge in [0.2, 0.25) is 0 Å². The number of aromatic nitrogens is 2. The van der Waals surface area contributed by atoms with E-state index >= 15 is 0 Å². The van der Waals surface area contributed by atoms with Crippen molar-refractivity contribution in [3.05, 3.63) is 18.2 Å². The van der Waals surface area contributed by atoms with E-state index in [9.17, 15) is 0 Å². The molecule has 2 N–H and O–H groups in total. The lowest BCUT2D eigenvalue weighted by molar-refractivity contribution is 0.572. The van der Waals surface area contributed by atoms with Crippen molar-refractivity contribution in [1.82, 2.24) is 20.2 Å². The quantitative estimate of drug-likeness (QED) is 0.279. The van der Waals surface area contributed by atoms with Crippen molar-refractivity contribution in [1.29, 1.82) is 0 Å². The maximum Gasteiger partial charge on any atom is 0.191 e. The number of guanidine groups is 1. The Morgan fingerprint density at radius 3 is 2.68 bits per heavy atom. The highest BCUT2D eigenvalue weighted by Gasteiger charge is 1.99. The Morgan fingerprint density at radius 2 is 2.09 bits per heavy atom. The second-order valence-electron chi connectivity index (χ2n) is 5.74. The first-order chi connectivity index (χ1) is 10.1. The Kier molecular flexibility index (Phi) is 12.3. The molecule has 22 heavy (non-hydrogen) atoms. The summed E-state index contributed by atoms with van der Waals surface area (Å²) in [6.07, 6.45) is 7.29. The van der Waals surface area contributed by atoms with Crippen LogP contribution in [0.1, 0.15) is 45.9 Å². The number of nitrogens with one attached hydrogen (secondary N) is 2. The van der Waals surface area contributed by atoms with E-state index in [-0.39, 0.29) is 24.0 Å². The largest absolute Gasteiger partial charge is 0.357 e. The molecule has 5 nitrogen and oxygen atoms in total. The molecule has 0 spiro atoms. The number of imidazole rings is 1. The highest BCUT2D eigenvalue weighted by atomic mass is 127. The van der Waals surface area contributed by atoms with E-state index in [0.29, 0.717) is 0 Å². The minimum atomic E-state index is 0. The molecule has 0 aliphatic heterocycles. The van der Waals surface area contributed by atoms with Gasteiger partial charge in [-0.05, 0) is 39.0 Å². The molecular formula is C16H32IN5. The molecule has 0 unspecified atom stereocenters. The van der Waals surface area contributed by atoms with Crippen molar-refractivity contribution in [3.8, 4) is 0 Å². The molecule has 0 radical (unpaired) electrons. The van der Waals surface area contributed by atoms with Crippen LogP contribution in [0.4, 0.5) is 0 Å². The van der Waals surface area contributed by atoms with Crippen LogP contribution in [0.2, 0.25) is 0 Å². The maximum atomic E-state index is 4.62. The number of aryl methyl sites for hydroxylation is 2. The van der Waals surface area contributed by atoms with E-state index in [1.165, 1.54) is 6.42 Å². The third-order valence-electron chi connectivity index (χ3n) is 3.36. The molecule has 0 saturated carbocycles. The van der Waals surface area contributed by atoms with Crippen molar-refractivity contribution in [2.24, 2.45) is 10.9 Å². The average molecular weight is 421 g/mol. The summed E-state index contributed by atoms with van der Waals surface area (Å²) in [5.41, 5.74) is 0. The van der Waals surface area contributed by atoms with Gasteiger partial charge in [-0.1, -0.05) is 13.8 Å². The van der Waals surface area contributed by atoms with Gasteiger partial charge < -0.3 is 15.2 Å². The maximum absolute atomic E-state index is 4.62. The Morgan fingerprint density at radius 1 is 1.32 bits per heavy atom. The number of hydrogen-bond acceptors (Lipinski definition) is 2. The van der Waals surface area contributed by atoms with Gasteiger partial charge in [0.05, 0.1) is 0 Å². The topological polar surface area (TPSA) is 54.2 Å². The summed E-state index contributed by atoms with van der Waals surface area (Å²) in [6.45, 7) is 12.4. The molecule has 0 atom stereocenters. The van der Waals surface area contributed by atoms with E-state index in [1.54, 1.807) is 0 Å². The van der Waals surface area contributed by atoms with Crippen LogP contribution < -0.4 is 10.6 Å². The summed E-state index contributed by atoms with van der Waals surface area (Å²) in [7, 11) is 0. The zero-order valence-corrected chi connectivity index (χ0v) is 16.8. The van der Waals surface area contributed by atoms with E-state index in [1.807, 2.05) is 19.3 Å². The molecule has 0 aliphatic carbocycles. The molecule has 0 aromatic carbocycles. The minimum Gasteiger partial charge on any atom is -0.357 e. The Hall–Kier alpha value is -0.790. The summed E-state index contributed by atoms with van der Waals surface area (Å²) in [5, 5.41) is 6.68. The van der Waals surface area contributed by atoms with Crippen molar-refractivity contribution in [2.75, 3.05) is 19.6 Å². The van der Waals surface area contributed by atoms with Crippen LogP contribution >= 0.6 is 24.0 Å². The molecule has 0 fully saturated rings. The highest BCUT2D eigenvalue weighted by molar-refractivity contribution is 14.0. The number of rotatable bonds is 9. The van der Waals surface area contributed by atoms with E-state index in [2.05, 4.69) is 45.9 Å². The smallest absolute Gasteiger partial charge is 0.191 e. The molecule has 0 saturated heterocycles. The number of halogens is 1. The molecule has 128 valence electrons. The molecule has 0 aliphatic rings. The van der Waals surface area contributed by atoms with E-state index < -0.39 is 0 Å². The zero-order valence-electron chi connectivity index (χ0n) is 14.4. The van der Waals surface area contributed by atoms with Crippen LogP contribution in [0.25, 0.3) is 0 Å². The molecule has 1 aromatic heterocycles. The summed E-state index contributed by atoms with van der Waals surface area (Å²) in [5.74, 6) is 2.75. The van der Waals surface area contributed by atoms with Crippen LogP contribution in [0.5, 0.6) is 0 Å².